The summed E-state index contributed by atoms with van der Waals surface area (Å²) >= 11 is 6.31. The Morgan fingerprint density at radius 1 is 0.964 bits per heavy atom. The van der Waals surface area contributed by atoms with Crippen LogP contribution in [0.25, 0.3) is 6.08 Å². The van der Waals surface area contributed by atoms with Crippen molar-refractivity contribution in [2.45, 2.75) is 6.42 Å². The Bertz CT molecular complexity index is 1050. The summed E-state index contributed by atoms with van der Waals surface area (Å²) in [6.07, 6.45) is 2.37. The second-order valence-corrected chi connectivity index (χ2v) is 6.69. The molecule has 142 valence electrons. The van der Waals surface area contributed by atoms with Gasteiger partial charge in [0.2, 0.25) is 12.7 Å². The van der Waals surface area contributed by atoms with Crippen molar-refractivity contribution in [3.63, 3.8) is 0 Å². The van der Waals surface area contributed by atoms with Gasteiger partial charge in [-0.25, -0.2) is 9.79 Å². The van der Waals surface area contributed by atoms with Crippen LogP contribution in [0.5, 0.6) is 23.0 Å². The molecule has 0 spiro atoms. The van der Waals surface area contributed by atoms with E-state index in [4.69, 9.17) is 35.3 Å². The highest BCUT2D eigenvalue weighted by Gasteiger charge is 2.26. The van der Waals surface area contributed by atoms with Crippen molar-refractivity contribution in [1.82, 2.24) is 0 Å². The number of ether oxygens (including phenoxy) is 5. The number of carbonyl (C=O) groups excluding carboxylic acids is 1. The number of benzene rings is 2. The zero-order chi connectivity index (χ0) is 19.1. The standard InChI is InChI=1S/C20H14ClNO6/c21-13-6-11(8-17-18(13)25-5-1-4-24-17)7-14-20(23)28-19(22-14)12-2-3-15-16(9-12)27-10-26-15/h2-3,6-9H,1,4-5,10H2/b14-7-. The third-order valence-corrected chi connectivity index (χ3v) is 4.65. The second kappa shape index (κ2) is 6.76. The van der Waals surface area contributed by atoms with Gasteiger partial charge in [-0.05, 0) is 42.0 Å². The van der Waals surface area contributed by atoms with Crippen LogP contribution in [-0.4, -0.2) is 31.9 Å². The van der Waals surface area contributed by atoms with Crippen LogP contribution in [0.2, 0.25) is 5.02 Å². The summed E-state index contributed by atoms with van der Waals surface area (Å²) in [6.45, 7) is 1.25. The van der Waals surface area contributed by atoms with Crippen LogP contribution < -0.4 is 18.9 Å². The fourth-order valence-corrected chi connectivity index (χ4v) is 3.33. The number of hydrogen-bond acceptors (Lipinski definition) is 7. The minimum atomic E-state index is -0.545. The van der Waals surface area contributed by atoms with Crippen LogP contribution in [0.4, 0.5) is 0 Å². The third-order valence-electron chi connectivity index (χ3n) is 4.37. The van der Waals surface area contributed by atoms with Crippen molar-refractivity contribution in [2.24, 2.45) is 4.99 Å². The lowest BCUT2D eigenvalue weighted by molar-refractivity contribution is -0.129. The van der Waals surface area contributed by atoms with E-state index in [0.29, 0.717) is 52.4 Å². The maximum atomic E-state index is 12.3. The molecule has 0 bridgehead atoms. The van der Waals surface area contributed by atoms with Crippen LogP contribution in [0, 0.1) is 0 Å². The molecular formula is C20H14ClNO6. The number of carbonyl (C=O) groups is 1. The normalized spacial score (nSPS) is 18.7. The molecule has 0 saturated carbocycles. The van der Waals surface area contributed by atoms with Gasteiger partial charge in [0.25, 0.3) is 0 Å². The van der Waals surface area contributed by atoms with Crippen LogP contribution in [0.3, 0.4) is 0 Å². The summed E-state index contributed by atoms with van der Waals surface area (Å²) in [7, 11) is 0. The number of cyclic esters (lactones) is 1. The van der Waals surface area contributed by atoms with E-state index >= 15 is 0 Å². The first kappa shape index (κ1) is 16.9. The number of nitrogens with zero attached hydrogens (tertiary/aromatic N) is 1. The SMILES string of the molecule is O=C1OC(c2ccc3c(c2)OCO3)=N/C1=C\c1cc(Cl)c2c(c1)OCCCO2. The number of esters is 1. The lowest BCUT2D eigenvalue weighted by Gasteiger charge is -2.10. The lowest BCUT2D eigenvalue weighted by atomic mass is 10.1. The summed E-state index contributed by atoms with van der Waals surface area (Å²) in [6, 6.07) is 8.69. The van der Waals surface area contributed by atoms with Gasteiger partial charge in [-0.3, -0.25) is 0 Å². The minimum absolute atomic E-state index is 0.165. The van der Waals surface area contributed by atoms with Crippen LogP contribution in [-0.2, 0) is 9.53 Å². The molecule has 28 heavy (non-hydrogen) atoms. The number of halogens is 1. The fourth-order valence-electron chi connectivity index (χ4n) is 3.05. The van der Waals surface area contributed by atoms with Gasteiger partial charge in [-0.15, -0.1) is 0 Å². The molecule has 7 nitrogen and oxygen atoms in total. The Labute approximate surface area is 165 Å². The largest absolute Gasteiger partial charge is 0.489 e. The highest BCUT2D eigenvalue weighted by atomic mass is 35.5. The van der Waals surface area contributed by atoms with Gasteiger partial charge in [-0.2, -0.15) is 0 Å². The molecule has 0 fully saturated rings. The van der Waals surface area contributed by atoms with E-state index in [-0.39, 0.29) is 18.4 Å². The summed E-state index contributed by atoms with van der Waals surface area (Å²) in [4.78, 5) is 16.6. The van der Waals surface area contributed by atoms with Gasteiger partial charge in [-0.1, -0.05) is 11.6 Å². The monoisotopic (exact) mass is 399 g/mol. The van der Waals surface area contributed by atoms with Gasteiger partial charge >= 0.3 is 5.97 Å². The molecule has 0 unspecified atom stereocenters. The van der Waals surface area contributed by atoms with E-state index < -0.39 is 5.97 Å². The molecule has 3 heterocycles. The molecule has 3 aliphatic rings. The van der Waals surface area contributed by atoms with Crippen molar-refractivity contribution in [3.8, 4) is 23.0 Å². The molecule has 0 atom stereocenters. The first-order chi connectivity index (χ1) is 13.7. The fraction of sp³-hybridized carbons (Fsp3) is 0.200. The van der Waals surface area contributed by atoms with Gasteiger partial charge in [0, 0.05) is 12.0 Å². The highest BCUT2D eigenvalue weighted by Crippen LogP contribution is 2.39. The van der Waals surface area contributed by atoms with Gasteiger partial charge in [0.1, 0.15) is 0 Å². The molecule has 0 N–H and O–H groups in total. The Balaban J connectivity index is 1.48. The molecule has 2 aromatic rings. The quantitative estimate of drug-likeness (QED) is 0.567. The molecule has 3 aliphatic heterocycles. The van der Waals surface area contributed by atoms with Gasteiger partial charge in [0.15, 0.2) is 28.7 Å². The smallest absolute Gasteiger partial charge is 0.363 e. The maximum absolute atomic E-state index is 12.3. The molecule has 8 heteroatoms. The van der Waals surface area contributed by atoms with Crippen LogP contribution >= 0.6 is 11.6 Å². The van der Waals surface area contributed by atoms with Crippen molar-refractivity contribution in [2.75, 3.05) is 20.0 Å². The number of aliphatic imine (C=N–C) groups is 1. The van der Waals surface area contributed by atoms with Crippen molar-refractivity contribution < 1.29 is 28.5 Å². The zero-order valence-electron chi connectivity index (χ0n) is 14.6. The highest BCUT2D eigenvalue weighted by molar-refractivity contribution is 6.32. The van der Waals surface area contributed by atoms with E-state index in [0.717, 1.165) is 6.42 Å². The van der Waals surface area contributed by atoms with E-state index in [1.165, 1.54) is 0 Å². The van der Waals surface area contributed by atoms with Crippen molar-refractivity contribution >= 4 is 29.5 Å². The van der Waals surface area contributed by atoms with E-state index in [1.54, 1.807) is 36.4 Å². The van der Waals surface area contributed by atoms with Crippen LogP contribution in [0.15, 0.2) is 41.0 Å². The number of fused-ring (bicyclic) bond motifs is 2. The van der Waals surface area contributed by atoms with Gasteiger partial charge < -0.3 is 23.7 Å². The topological polar surface area (TPSA) is 75.6 Å². The average Bonchev–Trinajstić information content (AvgIpc) is 3.21. The Kier molecular flexibility index (Phi) is 4.09. The molecule has 0 aliphatic carbocycles. The van der Waals surface area contributed by atoms with E-state index in [2.05, 4.69) is 4.99 Å². The number of rotatable bonds is 2. The molecule has 0 radical (unpaired) electrons. The molecule has 5 rings (SSSR count). The molecular weight excluding hydrogens is 386 g/mol. The minimum Gasteiger partial charge on any atom is -0.489 e. The summed E-state index contributed by atoms with van der Waals surface area (Å²) < 4.78 is 27.2. The van der Waals surface area contributed by atoms with Crippen LogP contribution in [0.1, 0.15) is 17.5 Å². The molecule has 0 amide bonds. The Hall–Kier alpha value is -3.19. The summed E-state index contributed by atoms with van der Waals surface area (Å²) in [5.41, 5.74) is 1.45. The predicted octanol–water partition coefficient (Wildman–Crippen LogP) is 3.57. The predicted molar refractivity (Wildman–Crippen MR) is 100 cm³/mol. The first-order valence-electron chi connectivity index (χ1n) is 8.69. The zero-order valence-corrected chi connectivity index (χ0v) is 15.3. The Morgan fingerprint density at radius 3 is 2.75 bits per heavy atom. The first-order valence-corrected chi connectivity index (χ1v) is 9.07. The summed E-state index contributed by atoms with van der Waals surface area (Å²) in [5, 5.41) is 0.414. The Morgan fingerprint density at radius 2 is 1.82 bits per heavy atom. The third kappa shape index (κ3) is 3.03. The van der Waals surface area contributed by atoms with Crippen molar-refractivity contribution in [1.29, 1.82) is 0 Å². The second-order valence-electron chi connectivity index (χ2n) is 6.28. The average molecular weight is 400 g/mol. The molecule has 2 aromatic carbocycles. The number of hydrogen-bond donors (Lipinski definition) is 0. The van der Waals surface area contributed by atoms with E-state index in [1.807, 2.05) is 0 Å². The van der Waals surface area contributed by atoms with E-state index in [9.17, 15) is 4.79 Å². The van der Waals surface area contributed by atoms with Crippen molar-refractivity contribution in [3.05, 3.63) is 52.2 Å². The molecule has 0 aromatic heterocycles. The van der Waals surface area contributed by atoms with Gasteiger partial charge in [0.05, 0.1) is 18.2 Å². The lowest BCUT2D eigenvalue weighted by Crippen LogP contribution is -2.05. The maximum Gasteiger partial charge on any atom is 0.363 e. The summed E-state index contributed by atoms with van der Waals surface area (Å²) in [5.74, 6) is 1.95. The molecule has 0 saturated heterocycles.